The molecular weight excluding hydrogens is 148 g/mol. The second-order valence-corrected chi connectivity index (χ2v) is 4.52. The van der Waals surface area contributed by atoms with Crippen molar-refractivity contribution in [3.8, 4) is 0 Å². The van der Waals surface area contributed by atoms with Crippen molar-refractivity contribution in [1.29, 1.82) is 0 Å². The van der Waals surface area contributed by atoms with Gasteiger partial charge in [-0.2, -0.15) is 0 Å². The largest absolute Gasteiger partial charge is 0.299 e. The fourth-order valence-electron chi connectivity index (χ4n) is 3.53. The molecule has 0 heterocycles. The maximum absolute atomic E-state index is 11.6. The highest BCUT2D eigenvalue weighted by atomic mass is 16.1. The van der Waals surface area contributed by atoms with Gasteiger partial charge in [-0.25, -0.2) is 0 Å². The van der Waals surface area contributed by atoms with Crippen LogP contribution in [0.2, 0.25) is 0 Å². The van der Waals surface area contributed by atoms with E-state index in [1.807, 2.05) is 0 Å². The van der Waals surface area contributed by atoms with Gasteiger partial charge in [-0.1, -0.05) is 12.2 Å². The van der Waals surface area contributed by atoms with Crippen LogP contribution < -0.4 is 0 Å². The molecule has 4 atom stereocenters. The van der Waals surface area contributed by atoms with Crippen molar-refractivity contribution in [1.82, 2.24) is 0 Å². The molecule has 12 heavy (non-hydrogen) atoms. The molecule has 0 bridgehead atoms. The van der Waals surface area contributed by atoms with Crippen molar-refractivity contribution in [3.63, 3.8) is 0 Å². The predicted molar refractivity (Wildman–Crippen MR) is 46.6 cm³/mol. The van der Waals surface area contributed by atoms with Gasteiger partial charge in [0.15, 0.2) is 0 Å². The van der Waals surface area contributed by atoms with Crippen LogP contribution in [0.15, 0.2) is 12.2 Å². The highest BCUT2D eigenvalue weighted by Crippen LogP contribution is 2.52. The van der Waals surface area contributed by atoms with Gasteiger partial charge in [0.05, 0.1) is 0 Å². The summed E-state index contributed by atoms with van der Waals surface area (Å²) in [7, 11) is 0. The van der Waals surface area contributed by atoms with Crippen LogP contribution in [0.5, 0.6) is 0 Å². The monoisotopic (exact) mass is 162 g/mol. The molecule has 0 aliphatic heterocycles. The fraction of sp³-hybridized carbons (Fsp3) is 0.727. The van der Waals surface area contributed by atoms with E-state index in [0.29, 0.717) is 17.6 Å². The first-order valence-corrected chi connectivity index (χ1v) is 5.05. The van der Waals surface area contributed by atoms with E-state index in [-0.39, 0.29) is 0 Å². The third-order valence-corrected chi connectivity index (χ3v) is 4.02. The van der Waals surface area contributed by atoms with E-state index in [1.54, 1.807) is 0 Å². The van der Waals surface area contributed by atoms with Crippen LogP contribution in [0, 0.1) is 23.7 Å². The molecule has 0 aromatic carbocycles. The summed E-state index contributed by atoms with van der Waals surface area (Å²) in [4.78, 5) is 11.6. The smallest absolute Gasteiger partial charge is 0.136 e. The highest BCUT2D eigenvalue weighted by molar-refractivity contribution is 5.84. The number of ketones is 1. The molecule has 0 N–H and O–H groups in total. The Morgan fingerprint density at radius 1 is 1.42 bits per heavy atom. The molecule has 3 aliphatic rings. The van der Waals surface area contributed by atoms with Crippen molar-refractivity contribution in [3.05, 3.63) is 12.2 Å². The molecule has 1 heteroatoms. The number of Topliss-reactive ketones (excluding diaryl/α,β-unsaturated/α-hetero) is 1. The average molecular weight is 162 g/mol. The van der Waals surface area contributed by atoms with Gasteiger partial charge >= 0.3 is 0 Å². The minimum Gasteiger partial charge on any atom is -0.299 e. The highest BCUT2D eigenvalue weighted by Gasteiger charge is 2.49. The van der Waals surface area contributed by atoms with E-state index in [0.717, 1.165) is 18.3 Å². The first kappa shape index (κ1) is 6.88. The predicted octanol–water partition coefficient (Wildman–Crippen LogP) is 2.18. The minimum atomic E-state index is 0.463. The Balaban J connectivity index is 1.93. The van der Waals surface area contributed by atoms with Crippen LogP contribution in [0.1, 0.15) is 25.7 Å². The topological polar surface area (TPSA) is 17.1 Å². The molecule has 0 spiro atoms. The molecule has 64 valence electrons. The average Bonchev–Trinajstić information content (AvgIpc) is 2.61. The zero-order valence-electron chi connectivity index (χ0n) is 7.20. The maximum atomic E-state index is 11.6. The Kier molecular flexibility index (Phi) is 1.27. The van der Waals surface area contributed by atoms with E-state index >= 15 is 0 Å². The Labute approximate surface area is 72.8 Å². The number of carbonyl (C=O) groups is 1. The number of rotatable bonds is 0. The second-order valence-electron chi connectivity index (χ2n) is 4.52. The third kappa shape index (κ3) is 0.720. The maximum Gasteiger partial charge on any atom is 0.136 e. The van der Waals surface area contributed by atoms with Gasteiger partial charge in [-0.15, -0.1) is 0 Å². The lowest BCUT2D eigenvalue weighted by molar-refractivity contribution is -0.122. The van der Waals surface area contributed by atoms with E-state index < -0.39 is 0 Å². The fourth-order valence-corrected chi connectivity index (χ4v) is 3.53. The summed E-state index contributed by atoms with van der Waals surface area (Å²) in [5.74, 6) is 3.27. The summed E-state index contributed by atoms with van der Waals surface area (Å²) in [6.45, 7) is 0. The quantitative estimate of drug-likeness (QED) is 0.499. The number of hydrogen-bond donors (Lipinski definition) is 0. The molecule has 0 unspecified atom stereocenters. The third-order valence-electron chi connectivity index (χ3n) is 4.02. The Morgan fingerprint density at radius 2 is 2.33 bits per heavy atom. The summed E-state index contributed by atoms with van der Waals surface area (Å²) in [5.41, 5.74) is 0. The van der Waals surface area contributed by atoms with E-state index in [2.05, 4.69) is 12.2 Å². The first-order chi connectivity index (χ1) is 5.86. The van der Waals surface area contributed by atoms with Crippen LogP contribution in [0.3, 0.4) is 0 Å². The van der Waals surface area contributed by atoms with Gasteiger partial charge in [-0.3, -0.25) is 4.79 Å². The molecule has 0 saturated heterocycles. The second kappa shape index (κ2) is 2.21. The lowest BCUT2D eigenvalue weighted by Crippen LogP contribution is -2.17. The number of carbonyl (C=O) groups excluding carboxylic acids is 1. The van der Waals surface area contributed by atoms with Crippen LogP contribution in [0.25, 0.3) is 0 Å². The normalized spacial score (nSPS) is 49.8. The van der Waals surface area contributed by atoms with Crippen LogP contribution >= 0.6 is 0 Å². The number of allylic oxidation sites excluding steroid dienone is 2. The van der Waals surface area contributed by atoms with Crippen molar-refractivity contribution < 1.29 is 4.79 Å². The SMILES string of the molecule is O=C1CC[C@@H]2C[C@H]3C=CC[C@H]3[C@H]12. The Hall–Kier alpha value is -0.590. The summed E-state index contributed by atoms with van der Waals surface area (Å²) < 4.78 is 0. The van der Waals surface area contributed by atoms with Crippen LogP contribution in [0.4, 0.5) is 0 Å². The van der Waals surface area contributed by atoms with Gasteiger partial charge in [0, 0.05) is 12.3 Å². The molecule has 1 nitrogen and oxygen atoms in total. The molecular formula is C11H14O. The van der Waals surface area contributed by atoms with E-state index in [1.165, 1.54) is 19.3 Å². The molecule has 0 radical (unpaired) electrons. The van der Waals surface area contributed by atoms with Gasteiger partial charge < -0.3 is 0 Å². The minimum absolute atomic E-state index is 0.463. The van der Waals surface area contributed by atoms with Gasteiger partial charge in [0.1, 0.15) is 5.78 Å². The lowest BCUT2D eigenvalue weighted by atomic mass is 9.88. The van der Waals surface area contributed by atoms with Crippen molar-refractivity contribution in [2.45, 2.75) is 25.7 Å². The Morgan fingerprint density at radius 3 is 3.25 bits per heavy atom. The molecule has 0 aromatic heterocycles. The van der Waals surface area contributed by atoms with Gasteiger partial charge in [0.2, 0.25) is 0 Å². The molecule has 3 rings (SSSR count). The van der Waals surface area contributed by atoms with Gasteiger partial charge in [-0.05, 0) is 37.0 Å². The van der Waals surface area contributed by atoms with Crippen molar-refractivity contribution in [2.75, 3.05) is 0 Å². The molecule has 3 aliphatic carbocycles. The number of hydrogen-bond acceptors (Lipinski definition) is 1. The van der Waals surface area contributed by atoms with Gasteiger partial charge in [0.25, 0.3) is 0 Å². The standard InChI is InChI=1S/C11H14O/c12-10-5-4-8-6-7-2-1-3-9(7)11(8)10/h1-2,7-9,11H,3-6H2/t7-,8-,9-,11-/m1/s1. The van der Waals surface area contributed by atoms with E-state index in [9.17, 15) is 4.79 Å². The van der Waals surface area contributed by atoms with Crippen molar-refractivity contribution in [2.24, 2.45) is 23.7 Å². The molecule has 2 saturated carbocycles. The number of fused-ring (bicyclic) bond motifs is 3. The summed E-state index contributed by atoms with van der Waals surface area (Å²) in [5, 5.41) is 0. The molecule has 0 amide bonds. The van der Waals surface area contributed by atoms with Crippen molar-refractivity contribution >= 4 is 5.78 Å². The molecule has 0 aromatic rings. The van der Waals surface area contributed by atoms with Crippen LogP contribution in [-0.2, 0) is 4.79 Å². The summed E-state index contributed by atoms with van der Waals surface area (Å²) in [6, 6.07) is 0. The first-order valence-electron chi connectivity index (χ1n) is 5.05. The zero-order valence-corrected chi connectivity index (χ0v) is 7.20. The zero-order chi connectivity index (χ0) is 8.13. The Bertz CT molecular complexity index is 254. The summed E-state index contributed by atoms with van der Waals surface area (Å²) >= 11 is 0. The molecule has 2 fully saturated rings. The van der Waals surface area contributed by atoms with E-state index in [4.69, 9.17) is 0 Å². The summed E-state index contributed by atoms with van der Waals surface area (Å²) in [6.07, 6.45) is 9.16. The lowest BCUT2D eigenvalue weighted by Gasteiger charge is -2.14. The van der Waals surface area contributed by atoms with Crippen LogP contribution in [-0.4, -0.2) is 5.78 Å².